The van der Waals surface area contributed by atoms with Crippen LogP contribution in [0.4, 0.5) is 80.3 Å². The fraction of sp³-hybridized carbons (Fsp3) is 0.304. The average Bonchev–Trinajstić information content (AvgIpc) is 1.75. The third kappa shape index (κ3) is 22.4. The molecule has 12 heterocycles. The number of pyridine rings is 4. The predicted molar refractivity (Wildman–Crippen MR) is 417 cm³/mol. The molecule has 12 aromatic rings. The third-order valence-corrected chi connectivity index (χ3v) is 17.2. The molecule has 12 rings (SSSR count). The Morgan fingerprint density at radius 1 is 0.482 bits per heavy atom. The van der Waals surface area contributed by atoms with Crippen molar-refractivity contribution in [3.05, 3.63) is 142 Å². The quantitative estimate of drug-likeness (QED) is 0.0302. The molecule has 12 aromatic heterocycles. The summed E-state index contributed by atoms with van der Waals surface area (Å²) < 4.78 is 165. The Bertz CT molecular complexity index is 5500. The summed E-state index contributed by atoms with van der Waals surface area (Å²) in [4.78, 5) is 113. The maximum atomic E-state index is 14.2. The molecular weight excluding hydrogens is 1620 g/mol. The molecule has 114 heavy (non-hydrogen) atoms. The molecule has 0 fully saturated rings. The summed E-state index contributed by atoms with van der Waals surface area (Å²) >= 11 is 24.0. The summed E-state index contributed by atoms with van der Waals surface area (Å²) in [6.45, 7) is 3.69. The van der Waals surface area contributed by atoms with Gasteiger partial charge in [-0.3, -0.25) is 19.2 Å². The zero-order valence-electron chi connectivity index (χ0n) is 60.7. The fourth-order valence-corrected chi connectivity index (χ4v) is 11.2. The number of halogens is 17. The highest BCUT2D eigenvalue weighted by Gasteiger charge is 2.38. The van der Waals surface area contributed by atoms with Crippen LogP contribution in [0.2, 0.25) is 20.1 Å². The number of nitrogens with one attached hydrogen (secondary N) is 9. The summed E-state index contributed by atoms with van der Waals surface area (Å²) in [5.41, 5.74) is 1.94. The molecule has 0 unspecified atom stereocenters. The van der Waals surface area contributed by atoms with Gasteiger partial charge >= 0.3 is 18.5 Å². The van der Waals surface area contributed by atoms with E-state index in [1.54, 1.807) is 62.2 Å². The molecule has 620 valence electrons. The van der Waals surface area contributed by atoms with Crippen LogP contribution in [0.3, 0.4) is 0 Å². The van der Waals surface area contributed by atoms with E-state index in [-0.39, 0.29) is 34.7 Å². The fourth-order valence-electron chi connectivity index (χ4n) is 10.6. The predicted octanol–water partition coefficient (Wildman–Crippen LogP) is 16.0. The number of hydrogen-bond acceptors (Lipinski definition) is 20. The Kier molecular flexibility index (Phi) is 27.0. The van der Waals surface area contributed by atoms with Crippen molar-refractivity contribution in [2.24, 2.45) is 0 Å². The molecule has 4 amide bonds. The SMILES string of the molecule is CC(C)(Nc1nc(-c2c[nH]c3ncc(Cl)cc23)ncc1F)C(=O)NCC(F)F.CN(c1ccnc(-c2c[nH]c3ncc(Cl)cc23)n1)C(C)(C)C(=O)NCC(F)(F)F.C[C@@H](Nc1ccnc(-c2c[nH]c3ncc(Cl)cc23)n1)C(=O)N(C)CC(F)(F)F.C[C@@H](Nc1nc(-c2c[nH]c3ncc(Cl)cc23)ncc1F)C(=O)N(C)CC(F)(F)F.[HH].[HH].[HH].[HH].[HH].[HH].[HH].[HH]. The number of anilines is 4. The monoisotopic (exact) mass is 1700 g/mol. The lowest BCUT2D eigenvalue weighted by molar-refractivity contribution is -0.158. The van der Waals surface area contributed by atoms with Crippen LogP contribution < -0.4 is 31.5 Å². The van der Waals surface area contributed by atoms with Gasteiger partial charge in [-0.15, -0.1) is 0 Å². The van der Waals surface area contributed by atoms with E-state index in [0.29, 0.717) is 109 Å². The number of hydrogen-bond donors (Lipinski definition) is 9. The first kappa shape index (κ1) is 86.4. The number of aromatic nitrogens is 16. The second kappa shape index (κ2) is 35.6. The van der Waals surface area contributed by atoms with Gasteiger partial charge in [-0.25, -0.2) is 77.4 Å². The van der Waals surface area contributed by atoms with Gasteiger partial charge in [0.25, 0.3) is 6.43 Å². The minimum Gasteiger partial charge on any atom is -0.359 e. The number of aromatic amines is 4. The van der Waals surface area contributed by atoms with Gasteiger partial charge in [0, 0.05) is 138 Å². The van der Waals surface area contributed by atoms with Gasteiger partial charge in [-0.05, 0) is 77.9 Å². The summed E-state index contributed by atoms with van der Waals surface area (Å²) in [6, 6.07) is 7.78. The van der Waals surface area contributed by atoms with Gasteiger partial charge in [0.15, 0.2) is 46.6 Å². The van der Waals surface area contributed by atoms with Crippen molar-refractivity contribution in [1.82, 2.24) is 100 Å². The van der Waals surface area contributed by atoms with E-state index in [1.807, 2.05) is 5.32 Å². The molecule has 0 saturated heterocycles. The largest absolute Gasteiger partial charge is 0.406 e. The van der Waals surface area contributed by atoms with Crippen LogP contribution in [0.25, 0.3) is 89.7 Å². The molecule has 0 aliphatic carbocycles. The maximum absolute atomic E-state index is 14.2. The van der Waals surface area contributed by atoms with Gasteiger partial charge < -0.3 is 61.2 Å². The minimum absolute atomic E-state index is 0. The molecule has 0 saturated carbocycles. The molecule has 28 nitrogen and oxygen atoms in total. The Hall–Kier alpha value is -11.6. The molecule has 0 radical (unpaired) electrons. The number of H-pyrrole nitrogens is 4. The Morgan fingerprint density at radius 2 is 0.860 bits per heavy atom. The Labute approximate surface area is 668 Å². The van der Waals surface area contributed by atoms with Crippen molar-refractivity contribution in [2.75, 3.05) is 68.2 Å². The van der Waals surface area contributed by atoms with Gasteiger partial charge in [-0.2, -0.15) is 39.5 Å². The van der Waals surface area contributed by atoms with Gasteiger partial charge in [0.2, 0.25) is 23.6 Å². The first-order chi connectivity index (χ1) is 53.3. The van der Waals surface area contributed by atoms with Crippen molar-refractivity contribution < 1.29 is 87.7 Å². The van der Waals surface area contributed by atoms with Crippen molar-refractivity contribution in [2.45, 2.75) is 89.7 Å². The normalized spacial score (nSPS) is 12.4. The second-order valence-corrected chi connectivity index (χ2v) is 27.7. The minimum atomic E-state index is -4.54. The highest BCUT2D eigenvalue weighted by molar-refractivity contribution is 6.32. The van der Waals surface area contributed by atoms with E-state index in [0.717, 1.165) is 37.3 Å². The summed E-state index contributed by atoms with van der Waals surface area (Å²) in [5, 5.41) is 16.3. The van der Waals surface area contributed by atoms with Crippen molar-refractivity contribution in [3.63, 3.8) is 0 Å². The summed E-state index contributed by atoms with van der Waals surface area (Å²) in [5.74, 6) is -3.64. The zero-order valence-corrected chi connectivity index (χ0v) is 63.7. The second-order valence-electron chi connectivity index (χ2n) is 25.9. The van der Waals surface area contributed by atoms with E-state index < -0.39 is 110 Å². The van der Waals surface area contributed by atoms with Gasteiger partial charge in [0.05, 0.1) is 39.0 Å². The van der Waals surface area contributed by atoms with Gasteiger partial charge in [-0.1, -0.05) is 46.4 Å². The van der Waals surface area contributed by atoms with Crippen LogP contribution in [0.1, 0.15) is 53.0 Å². The van der Waals surface area contributed by atoms with Crippen LogP contribution in [-0.4, -0.2) is 209 Å². The van der Waals surface area contributed by atoms with E-state index in [2.05, 4.69) is 101 Å². The van der Waals surface area contributed by atoms with E-state index >= 15 is 0 Å². The lowest BCUT2D eigenvalue weighted by atomic mass is 10.0. The lowest BCUT2D eigenvalue weighted by Gasteiger charge is -2.35. The highest BCUT2D eigenvalue weighted by Crippen LogP contribution is 2.34. The average molecular weight is 1700 g/mol. The molecule has 0 aliphatic heterocycles. The molecular formula is C69H81Cl4F13N24O4. The summed E-state index contributed by atoms with van der Waals surface area (Å²) in [7, 11) is 3.69. The van der Waals surface area contributed by atoms with Crippen LogP contribution in [0.5, 0.6) is 0 Å². The number of rotatable bonds is 21. The first-order valence-electron chi connectivity index (χ1n) is 33.2. The molecule has 2 atom stereocenters. The number of carbonyl (C=O) groups excluding carboxylic acids is 4. The lowest BCUT2D eigenvalue weighted by Crippen LogP contribution is -2.55. The molecule has 0 aromatic carbocycles. The molecule has 0 aliphatic rings. The maximum Gasteiger partial charge on any atom is 0.406 e. The van der Waals surface area contributed by atoms with Crippen LogP contribution >= 0.6 is 46.4 Å². The smallest absolute Gasteiger partial charge is 0.359 e. The van der Waals surface area contributed by atoms with E-state index in [4.69, 9.17) is 46.4 Å². The Morgan fingerprint density at radius 3 is 1.26 bits per heavy atom. The molecule has 45 heteroatoms. The topological polar surface area (TPSA) is 356 Å². The molecule has 9 N–H and O–H groups in total. The summed E-state index contributed by atoms with van der Waals surface area (Å²) in [6.07, 6.45) is 1.15. The van der Waals surface area contributed by atoms with Crippen LogP contribution in [0.15, 0.2) is 111 Å². The third-order valence-electron chi connectivity index (χ3n) is 16.4. The number of nitrogens with zero attached hydrogens (tertiary/aromatic N) is 15. The van der Waals surface area contributed by atoms with Crippen LogP contribution in [-0.2, 0) is 19.2 Å². The van der Waals surface area contributed by atoms with E-state index in [1.165, 1.54) is 89.7 Å². The standard InChI is InChI=1S/C18H18ClF3N6O.C17H15ClF4N6O.2C17H16ClF3N6O.8H2/c1-17(2,16(29)26-9-18(20,21)22)28(3)13-4-5-23-15(27-13)12-8-25-14-11(12)6-10(19)7-24-14;1-8(16(29)28(2)7-17(20,21)22)26-15-12(19)6-25-14(27-15)11-5-24-13-10(11)3-9(18)4-23-13;1-17(2,16(28)25-7-12(20)21)27-15-11(19)6-24-14(26-15)10-5-23-13-9(10)3-8(18)4-22-13;1-9(16(28)27(2)8-17(19,20)21)25-13-3-4-22-15(26-13)12-7-24-14-11(12)5-10(18)6-23-14;;;;;;;;/h4-8H,9H2,1-3H3,(H,24,25)(H,26,29);3-6,8H,7H2,1-2H3,(H,23,24)(H,25,26,27);3-6,12H,7H2,1-2H3,(H,22,23)(H,25,28)(H,24,26,27);3-7,9H,8H2,1-2H3,(H,23,24)(H,22,25,26);8*1H/t;8-;;9-;;;;;;;;/m.1.1......../s1. The zero-order chi connectivity index (χ0) is 83.7. The molecule has 0 spiro atoms. The number of carbonyl (C=O) groups is 4. The van der Waals surface area contributed by atoms with Crippen molar-refractivity contribution in [1.29, 1.82) is 0 Å². The van der Waals surface area contributed by atoms with Crippen molar-refractivity contribution in [3.8, 4) is 45.6 Å². The highest BCUT2D eigenvalue weighted by atomic mass is 35.5. The number of likely N-dealkylation sites (N-methyl/N-ethyl adjacent to an activating group) is 3. The number of fused-ring (bicyclic) bond motifs is 4. The Balaban J connectivity index is 0.000000796. The number of amides is 4. The van der Waals surface area contributed by atoms with Gasteiger partial charge in [0.1, 0.15) is 77.0 Å². The first-order valence-corrected chi connectivity index (χ1v) is 34.7. The van der Waals surface area contributed by atoms with Crippen molar-refractivity contribution >= 4 is 137 Å². The number of alkyl halides is 11. The van der Waals surface area contributed by atoms with E-state index in [9.17, 15) is 76.3 Å². The molecule has 0 bridgehead atoms. The van der Waals surface area contributed by atoms with Crippen LogP contribution in [0, 0.1) is 11.6 Å².